The van der Waals surface area contributed by atoms with Crippen LogP contribution in [0.25, 0.3) is 20.1 Å². The molecule has 0 spiro atoms. The maximum absolute atomic E-state index is 12.7. The third-order valence-electron chi connectivity index (χ3n) is 2.85. The van der Waals surface area contributed by atoms with Gasteiger partial charge in [-0.25, -0.2) is 4.98 Å². The predicted molar refractivity (Wildman–Crippen MR) is 77.1 cm³/mol. The normalized spacial score (nSPS) is 12.2. The standard InChI is InChI=1S/C13H9F3N2S2/c1-6-4-10(17)20-11(6)12-18-8-5-7(13(14,15)16)2-3-9(8)19-12/h2-5H,17H2,1H3. The van der Waals surface area contributed by atoms with Gasteiger partial charge in [0.1, 0.15) is 5.01 Å². The zero-order chi connectivity index (χ0) is 14.5. The summed E-state index contributed by atoms with van der Waals surface area (Å²) in [5, 5.41) is 1.38. The molecule has 0 radical (unpaired) electrons. The van der Waals surface area contributed by atoms with Gasteiger partial charge in [-0.2, -0.15) is 13.2 Å². The Balaban J connectivity index is 2.14. The first-order chi connectivity index (χ1) is 9.34. The SMILES string of the molecule is Cc1cc(N)sc1-c1nc2cc(C(F)(F)F)ccc2s1. The van der Waals surface area contributed by atoms with Crippen LogP contribution in [-0.4, -0.2) is 4.98 Å². The molecule has 2 nitrogen and oxygen atoms in total. The van der Waals surface area contributed by atoms with Crippen LogP contribution in [0.15, 0.2) is 24.3 Å². The number of aryl methyl sites for hydroxylation is 1. The van der Waals surface area contributed by atoms with E-state index in [2.05, 4.69) is 4.98 Å². The Labute approximate surface area is 120 Å². The summed E-state index contributed by atoms with van der Waals surface area (Å²) >= 11 is 2.77. The maximum Gasteiger partial charge on any atom is 0.416 e. The van der Waals surface area contributed by atoms with E-state index in [-0.39, 0.29) is 0 Å². The van der Waals surface area contributed by atoms with E-state index in [0.717, 1.165) is 27.3 Å². The van der Waals surface area contributed by atoms with Crippen LogP contribution < -0.4 is 5.73 Å². The van der Waals surface area contributed by atoms with E-state index in [9.17, 15) is 13.2 Å². The van der Waals surface area contributed by atoms with E-state index in [1.54, 1.807) is 0 Å². The third kappa shape index (κ3) is 2.27. The highest BCUT2D eigenvalue weighted by Crippen LogP contribution is 2.39. The molecule has 0 fully saturated rings. The number of anilines is 1. The second-order valence-corrected chi connectivity index (χ2v) is 6.47. The van der Waals surface area contributed by atoms with Crippen molar-refractivity contribution in [3.8, 4) is 9.88 Å². The first-order valence-electron chi connectivity index (χ1n) is 5.68. The first kappa shape index (κ1) is 13.4. The van der Waals surface area contributed by atoms with Crippen LogP contribution in [-0.2, 0) is 6.18 Å². The van der Waals surface area contributed by atoms with Gasteiger partial charge in [0.25, 0.3) is 0 Å². The van der Waals surface area contributed by atoms with Crippen molar-refractivity contribution < 1.29 is 13.2 Å². The lowest BCUT2D eigenvalue weighted by molar-refractivity contribution is -0.137. The van der Waals surface area contributed by atoms with Crippen molar-refractivity contribution in [1.29, 1.82) is 0 Å². The lowest BCUT2D eigenvalue weighted by atomic mass is 10.2. The van der Waals surface area contributed by atoms with Crippen LogP contribution in [0.3, 0.4) is 0 Å². The molecule has 2 heterocycles. The topological polar surface area (TPSA) is 38.9 Å². The fourth-order valence-electron chi connectivity index (χ4n) is 1.92. The van der Waals surface area contributed by atoms with Gasteiger partial charge < -0.3 is 5.73 Å². The van der Waals surface area contributed by atoms with E-state index >= 15 is 0 Å². The fourth-order valence-corrected chi connectivity index (χ4v) is 3.95. The van der Waals surface area contributed by atoms with Crippen LogP contribution in [0, 0.1) is 6.92 Å². The molecule has 2 aromatic heterocycles. The number of alkyl halides is 3. The molecule has 7 heteroatoms. The van der Waals surface area contributed by atoms with Gasteiger partial charge in [-0.05, 0) is 36.8 Å². The molecule has 2 N–H and O–H groups in total. The molecule has 0 aliphatic carbocycles. The second kappa shape index (κ2) is 4.46. The van der Waals surface area contributed by atoms with Gasteiger partial charge in [-0.3, -0.25) is 0 Å². The Hall–Kier alpha value is -1.60. The van der Waals surface area contributed by atoms with Gasteiger partial charge in [0.05, 0.1) is 25.7 Å². The van der Waals surface area contributed by atoms with E-state index < -0.39 is 11.7 Å². The lowest BCUT2D eigenvalue weighted by Crippen LogP contribution is -2.03. The number of halogens is 3. The van der Waals surface area contributed by atoms with Crippen molar-refractivity contribution in [2.75, 3.05) is 5.73 Å². The number of nitrogens with zero attached hydrogens (tertiary/aromatic N) is 1. The molecule has 0 unspecified atom stereocenters. The highest BCUT2D eigenvalue weighted by Gasteiger charge is 2.30. The number of thiazole rings is 1. The molecule has 3 rings (SSSR count). The van der Waals surface area contributed by atoms with Gasteiger partial charge in [0.2, 0.25) is 0 Å². The number of nitrogen functional groups attached to an aromatic ring is 1. The molecule has 0 amide bonds. The Morgan fingerprint density at radius 1 is 1.15 bits per heavy atom. The number of rotatable bonds is 1. The summed E-state index contributed by atoms with van der Waals surface area (Å²) in [6.07, 6.45) is -4.35. The van der Waals surface area contributed by atoms with E-state index in [1.165, 1.54) is 28.7 Å². The number of nitrogens with two attached hydrogens (primary N) is 1. The molecule has 104 valence electrons. The molecule has 0 bridgehead atoms. The third-order valence-corrected chi connectivity index (χ3v) is 5.10. The minimum Gasteiger partial charge on any atom is -0.391 e. The van der Waals surface area contributed by atoms with Crippen molar-refractivity contribution in [1.82, 2.24) is 4.98 Å². The van der Waals surface area contributed by atoms with E-state index in [1.807, 2.05) is 13.0 Å². The Bertz CT molecular complexity index is 787. The summed E-state index contributed by atoms with van der Waals surface area (Å²) in [6, 6.07) is 5.47. The summed E-state index contributed by atoms with van der Waals surface area (Å²) in [5.41, 5.74) is 6.42. The van der Waals surface area contributed by atoms with Crippen molar-refractivity contribution >= 4 is 37.9 Å². The summed E-state index contributed by atoms with van der Waals surface area (Å²) in [5.74, 6) is 0. The summed E-state index contributed by atoms with van der Waals surface area (Å²) in [6.45, 7) is 1.91. The van der Waals surface area contributed by atoms with Gasteiger partial charge in [0.15, 0.2) is 0 Å². The predicted octanol–water partition coefficient (Wildman–Crippen LogP) is 4.93. The average Bonchev–Trinajstić information content (AvgIpc) is 2.89. The van der Waals surface area contributed by atoms with Crippen LogP contribution in [0.2, 0.25) is 0 Å². The number of aromatic nitrogens is 1. The van der Waals surface area contributed by atoms with Gasteiger partial charge in [0, 0.05) is 0 Å². The zero-order valence-corrected chi connectivity index (χ0v) is 11.9. The number of benzene rings is 1. The first-order valence-corrected chi connectivity index (χ1v) is 7.32. The molecular weight excluding hydrogens is 305 g/mol. The summed E-state index contributed by atoms with van der Waals surface area (Å²) in [7, 11) is 0. The molecule has 0 aliphatic heterocycles. The Kier molecular flexibility index (Phi) is 2.98. The minimum atomic E-state index is -4.35. The van der Waals surface area contributed by atoms with Crippen molar-refractivity contribution in [2.45, 2.75) is 13.1 Å². The van der Waals surface area contributed by atoms with Crippen LogP contribution in [0.4, 0.5) is 18.2 Å². The second-order valence-electron chi connectivity index (χ2n) is 4.36. The largest absolute Gasteiger partial charge is 0.416 e. The van der Waals surface area contributed by atoms with Gasteiger partial charge in [-0.15, -0.1) is 22.7 Å². The smallest absolute Gasteiger partial charge is 0.391 e. The van der Waals surface area contributed by atoms with E-state index in [4.69, 9.17) is 5.73 Å². The molecule has 0 saturated heterocycles. The number of fused-ring (bicyclic) bond motifs is 1. The lowest BCUT2D eigenvalue weighted by Gasteiger charge is -2.04. The monoisotopic (exact) mass is 314 g/mol. The maximum atomic E-state index is 12.7. The van der Waals surface area contributed by atoms with Gasteiger partial charge >= 0.3 is 6.18 Å². The molecule has 20 heavy (non-hydrogen) atoms. The minimum absolute atomic E-state index is 0.367. The van der Waals surface area contributed by atoms with Gasteiger partial charge in [-0.1, -0.05) is 0 Å². The van der Waals surface area contributed by atoms with Crippen molar-refractivity contribution in [3.05, 3.63) is 35.4 Å². The van der Waals surface area contributed by atoms with Crippen molar-refractivity contribution in [2.24, 2.45) is 0 Å². The average molecular weight is 314 g/mol. The number of hydrogen-bond acceptors (Lipinski definition) is 4. The molecule has 0 aliphatic rings. The number of hydrogen-bond donors (Lipinski definition) is 1. The van der Waals surface area contributed by atoms with Crippen LogP contribution in [0.1, 0.15) is 11.1 Å². The highest BCUT2D eigenvalue weighted by atomic mass is 32.1. The summed E-state index contributed by atoms with van der Waals surface area (Å²) in [4.78, 5) is 5.22. The Morgan fingerprint density at radius 3 is 2.50 bits per heavy atom. The molecular formula is C13H9F3N2S2. The quantitative estimate of drug-likeness (QED) is 0.691. The van der Waals surface area contributed by atoms with E-state index in [0.29, 0.717) is 15.5 Å². The van der Waals surface area contributed by atoms with Crippen molar-refractivity contribution in [3.63, 3.8) is 0 Å². The molecule has 1 aromatic carbocycles. The van der Waals surface area contributed by atoms with Crippen LogP contribution >= 0.6 is 22.7 Å². The Morgan fingerprint density at radius 2 is 1.90 bits per heavy atom. The van der Waals surface area contributed by atoms with Crippen LogP contribution in [0.5, 0.6) is 0 Å². The summed E-state index contributed by atoms with van der Waals surface area (Å²) < 4.78 is 38.8. The molecule has 3 aromatic rings. The number of thiophene rings is 1. The molecule has 0 saturated carbocycles. The zero-order valence-electron chi connectivity index (χ0n) is 10.3. The highest BCUT2D eigenvalue weighted by molar-refractivity contribution is 7.26. The molecule has 0 atom stereocenters. The fraction of sp³-hybridized carbons (Fsp3) is 0.154.